The zero-order valence-corrected chi connectivity index (χ0v) is 14.8. The molecular weight excluding hydrogens is 320 g/mol. The average molecular weight is 342 g/mol. The maximum Gasteiger partial charge on any atom is 0.254 e. The minimum absolute atomic E-state index is 0.0980. The molecule has 0 radical (unpaired) electrons. The molecule has 1 aliphatic rings. The van der Waals surface area contributed by atoms with Crippen LogP contribution in [0.3, 0.4) is 0 Å². The standard InChI is InChI=1S/C19H22N2O2S/c1-13-5-6-15(10-14(13)2)24-18-16(4-3-9-20-18)17(23)21-11-19(12-22)7-8-19/h3-6,9-10,22H,7-8,11-12H2,1-2H3,(H,21,23). The fraction of sp³-hybridized carbons (Fsp3) is 0.368. The minimum Gasteiger partial charge on any atom is -0.396 e. The van der Waals surface area contributed by atoms with E-state index in [1.807, 2.05) is 6.07 Å². The van der Waals surface area contributed by atoms with Crippen LogP contribution in [0.25, 0.3) is 0 Å². The third-order valence-electron chi connectivity index (χ3n) is 4.63. The van der Waals surface area contributed by atoms with Crippen molar-refractivity contribution in [1.82, 2.24) is 10.3 Å². The second-order valence-corrected chi connectivity index (χ2v) is 7.61. The molecule has 0 saturated heterocycles. The summed E-state index contributed by atoms with van der Waals surface area (Å²) in [5.41, 5.74) is 2.95. The summed E-state index contributed by atoms with van der Waals surface area (Å²) in [5.74, 6) is -0.130. The Morgan fingerprint density at radius 1 is 1.29 bits per heavy atom. The van der Waals surface area contributed by atoms with Gasteiger partial charge >= 0.3 is 0 Å². The molecular formula is C19H22N2O2S. The number of rotatable bonds is 6. The van der Waals surface area contributed by atoms with E-state index in [-0.39, 0.29) is 17.9 Å². The van der Waals surface area contributed by atoms with Gasteiger partial charge < -0.3 is 10.4 Å². The SMILES string of the molecule is Cc1ccc(Sc2ncccc2C(=O)NCC2(CO)CC2)cc1C. The van der Waals surface area contributed by atoms with Gasteiger partial charge in [-0.2, -0.15) is 0 Å². The largest absolute Gasteiger partial charge is 0.396 e. The fourth-order valence-electron chi connectivity index (χ4n) is 2.46. The van der Waals surface area contributed by atoms with Crippen LogP contribution in [0.2, 0.25) is 0 Å². The average Bonchev–Trinajstić information content (AvgIpc) is 3.37. The highest BCUT2D eigenvalue weighted by molar-refractivity contribution is 7.99. The molecule has 0 spiro atoms. The van der Waals surface area contributed by atoms with Crippen LogP contribution in [0.1, 0.15) is 34.3 Å². The van der Waals surface area contributed by atoms with Crippen LogP contribution in [-0.4, -0.2) is 29.1 Å². The van der Waals surface area contributed by atoms with Crippen molar-refractivity contribution in [3.8, 4) is 0 Å². The summed E-state index contributed by atoms with van der Waals surface area (Å²) in [5, 5.41) is 13.0. The number of pyridine rings is 1. The topological polar surface area (TPSA) is 62.2 Å². The smallest absolute Gasteiger partial charge is 0.254 e. The molecule has 1 fully saturated rings. The predicted molar refractivity (Wildman–Crippen MR) is 95.4 cm³/mol. The molecule has 0 bridgehead atoms. The molecule has 1 saturated carbocycles. The van der Waals surface area contributed by atoms with Crippen LogP contribution in [0.4, 0.5) is 0 Å². The number of nitrogens with one attached hydrogen (secondary N) is 1. The summed E-state index contributed by atoms with van der Waals surface area (Å²) in [6, 6.07) is 9.82. The Labute approximate surface area is 146 Å². The third kappa shape index (κ3) is 3.79. The van der Waals surface area contributed by atoms with Gasteiger partial charge in [-0.1, -0.05) is 17.8 Å². The van der Waals surface area contributed by atoms with Crippen molar-refractivity contribution >= 4 is 17.7 Å². The zero-order valence-electron chi connectivity index (χ0n) is 14.0. The molecule has 4 nitrogen and oxygen atoms in total. The number of hydrogen-bond acceptors (Lipinski definition) is 4. The molecule has 0 aliphatic heterocycles. The Kier molecular flexibility index (Phi) is 4.92. The fourth-order valence-corrected chi connectivity index (χ4v) is 3.44. The van der Waals surface area contributed by atoms with Gasteiger partial charge in [0.05, 0.1) is 12.2 Å². The van der Waals surface area contributed by atoms with Crippen molar-refractivity contribution in [1.29, 1.82) is 0 Å². The summed E-state index contributed by atoms with van der Waals surface area (Å²) < 4.78 is 0. The number of aromatic nitrogens is 1. The molecule has 126 valence electrons. The van der Waals surface area contributed by atoms with Crippen LogP contribution in [0.15, 0.2) is 46.5 Å². The van der Waals surface area contributed by atoms with E-state index in [0.29, 0.717) is 17.1 Å². The van der Waals surface area contributed by atoms with E-state index in [2.05, 4.69) is 36.3 Å². The molecule has 1 amide bonds. The first-order chi connectivity index (χ1) is 11.5. The van der Waals surface area contributed by atoms with Crippen molar-refractivity contribution in [2.75, 3.05) is 13.2 Å². The van der Waals surface area contributed by atoms with Gasteiger partial charge in [0, 0.05) is 23.1 Å². The van der Waals surface area contributed by atoms with Crippen molar-refractivity contribution in [2.24, 2.45) is 5.41 Å². The predicted octanol–water partition coefficient (Wildman–Crippen LogP) is 3.35. The van der Waals surface area contributed by atoms with E-state index in [9.17, 15) is 9.90 Å². The maximum atomic E-state index is 12.5. The molecule has 24 heavy (non-hydrogen) atoms. The van der Waals surface area contributed by atoms with E-state index in [1.165, 1.54) is 22.9 Å². The Hall–Kier alpha value is -1.85. The van der Waals surface area contributed by atoms with Gasteiger partial charge in [0.15, 0.2) is 0 Å². The van der Waals surface area contributed by atoms with Crippen molar-refractivity contribution in [3.05, 3.63) is 53.2 Å². The van der Waals surface area contributed by atoms with E-state index < -0.39 is 0 Å². The highest BCUT2D eigenvalue weighted by Crippen LogP contribution is 2.44. The van der Waals surface area contributed by atoms with Gasteiger partial charge in [-0.15, -0.1) is 0 Å². The quantitative estimate of drug-likeness (QED) is 0.845. The molecule has 1 heterocycles. The van der Waals surface area contributed by atoms with Gasteiger partial charge in [-0.3, -0.25) is 4.79 Å². The minimum atomic E-state index is -0.130. The first-order valence-electron chi connectivity index (χ1n) is 8.12. The summed E-state index contributed by atoms with van der Waals surface area (Å²) in [7, 11) is 0. The summed E-state index contributed by atoms with van der Waals surface area (Å²) in [6.45, 7) is 4.81. The number of hydrogen-bond donors (Lipinski definition) is 2. The molecule has 2 N–H and O–H groups in total. The number of aliphatic hydroxyl groups is 1. The Morgan fingerprint density at radius 3 is 2.75 bits per heavy atom. The number of carbonyl (C=O) groups excluding carboxylic acids is 1. The lowest BCUT2D eigenvalue weighted by molar-refractivity contribution is 0.0931. The molecule has 0 atom stereocenters. The van der Waals surface area contributed by atoms with Crippen LogP contribution >= 0.6 is 11.8 Å². The normalized spacial score (nSPS) is 15.1. The zero-order chi connectivity index (χ0) is 17.2. The molecule has 5 heteroatoms. The van der Waals surface area contributed by atoms with Gasteiger partial charge in [0.1, 0.15) is 5.03 Å². The number of amides is 1. The number of carbonyl (C=O) groups is 1. The number of nitrogens with zero attached hydrogens (tertiary/aromatic N) is 1. The number of aryl methyl sites for hydroxylation is 2. The van der Waals surface area contributed by atoms with Crippen LogP contribution in [0, 0.1) is 19.3 Å². The van der Waals surface area contributed by atoms with E-state index in [4.69, 9.17) is 0 Å². The van der Waals surface area contributed by atoms with Gasteiger partial charge in [-0.25, -0.2) is 4.98 Å². The van der Waals surface area contributed by atoms with Crippen LogP contribution in [0.5, 0.6) is 0 Å². The van der Waals surface area contributed by atoms with Gasteiger partial charge in [0.25, 0.3) is 5.91 Å². The monoisotopic (exact) mass is 342 g/mol. The molecule has 1 aromatic heterocycles. The second kappa shape index (κ2) is 6.95. The van der Waals surface area contributed by atoms with Crippen molar-refractivity contribution < 1.29 is 9.90 Å². The highest BCUT2D eigenvalue weighted by Gasteiger charge is 2.42. The highest BCUT2D eigenvalue weighted by atomic mass is 32.2. The summed E-state index contributed by atoms with van der Waals surface area (Å²) in [6.07, 6.45) is 3.65. The number of benzene rings is 1. The summed E-state index contributed by atoms with van der Waals surface area (Å²) >= 11 is 1.50. The van der Waals surface area contributed by atoms with E-state index in [1.54, 1.807) is 18.3 Å². The van der Waals surface area contributed by atoms with E-state index in [0.717, 1.165) is 17.7 Å². The van der Waals surface area contributed by atoms with Gasteiger partial charge in [-0.05, 0) is 62.1 Å². The molecule has 1 aliphatic carbocycles. The van der Waals surface area contributed by atoms with Crippen molar-refractivity contribution in [2.45, 2.75) is 36.6 Å². The third-order valence-corrected chi connectivity index (χ3v) is 5.63. The lowest BCUT2D eigenvalue weighted by Crippen LogP contribution is -2.32. The maximum absolute atomic E-state index is 12.5. The Morgan fingerprint density at radius 2 is 2.08 bits per heavy atom. The first-order valence-corrected chi connectivity index (χ1v) is 8.94. The lowest BCUT2D eigenvalue weighted by atomic mass is 10.1. The second-order valence-electron chi connectivity index (χ2n) is 6.55. The molecule has 3 rings (SSSR count). The first kappa shape index (κ1) is 17.0. The Bertz CT molecular complexity index is 757. The lowest BCUT2D eigenvalue weighted by Gasteiger charge is -2.14. The molecule has 0 unspecified atom stereocenters. The Balaban J connectivity index is 1.74. The van der Waals surface area contributed by atoms with Crippen LogP contribution in [-0.2, 0) is 0 Å². The molecule has 2 aromatic rings. The van der Waals surface area contributed by atoms with E-state index >= 15 is 0 Å². The van der Waals surface area contributed by atoms with Crippen LogP contribution < -0.4 is 5.32 Å². The molecule has 1 aromatic carbocycles. The number of aliphatic hydroxyl groups excluding tert-OH is 1. The summed E-state index contributed by atoms with van der Waals surface area (Å²) in [4.78, 5) is 18.0. The van der Waals surface area contributed by atoms with Crippen molar-refractivity contribution in [3.63, 3.8) is 0 Å². The van der Waals surface area contributed by atoms with Gasteiger partial charge in [0.2, 0.25) is 0 Å².